The molecule has 12 heteroatoms. The Morgan fingerprint density at radius 2 is 1.91 bits per heavy atom. The van der Waals surface area contributed by atoms with Gasteiger partial charge in [-0.15, -0.1) is 0 Å². The highest BCUT2D eigenvalue weighted by atomic mass is 19.4. The van der Waals surface area contributed by atoms with Gasteiger partial charge in [-0.25, -0.2) is 5.43 Å². The minimum Gasteiger partial charge on any atom is -0.454 e. The number of rotatable bonds is 6. The van der Waals surface area contributed by atoms with Gasteiger partial charge in [0.15, 0.2) is 11.5 Å². The van der Waals surface area contributed by atoms with Crippen LogP contribution in [0.25, 0.3) is 5.69 Å². The quantitative estimate of drug-likeness (QED) is 0.314. The predicted octanol–water partition coefficient (Wildman–Crippen LogP) is 4.44. The van der Waals surface area contributed by atoms with Crippen molar-refractivity contribution in [2.75, 3.05) is 6.79 Å². The van der Waals surface area contributed by atoms with Gasteiger partial charge < -0.3 is 14.0 Å². The fraction of sp³-hybridized carbons (Fsp3) is 0.217. The lowest BCUT2D eigenvalue weighted by atomic mass is 10.1. The average molecular weight is 488 g/mol. The molecule has 0 unspecified atom stereocenters. The Morgan fingerprint density at radius 1 is 1.17 bits per heavy atom. The van der Waals surface area contributed by atoms with E-state index in [1.165, 1.54) is 6.21 Å². The summed E-state index contributed by atoms with van der Waals surface area (Å²) in [5, 5.41) is 15.1. The number of hydrogen-bond acceptors (Lipinski definition) is 6. The number of ether oxygens (including phenoxy) is 2. The number of hydrazone groups is 1. The molecule has 4 rings (SSSR count). The molecule has 3 aromatic rings. The first kappa shape index (κ1) is 23.8. The molecule has 1 amide bonds. The monoisotopic (exact) mass is 488 g/mol. The zero-order valence-corrected chi connectivity index (χ0v) is 18.5. The van der Waals surface area contributed by atoms with Gasteiger partial charge in [-0.05, 0) is 38.1 Å². The Labute approximate surface area is 196 Å². The van der Waals surface area contributed by atoms with Gasteiger partial charge in [0.2, 0.25) is 12.7 Å². The second-order valence-electron chi connectivity index (χ2n) is 7.77. The third-order valence-electron chi connectivity index (χ3n) is 5.44. The van der Waals surface area contributed by atoms with E-state index in [1.54, 1.807) is 0 Å². The zero-order chi connectivity index (χ0) is 25.3. The van der Waals surface area contributed by atoms with Crippen molar-refractivity contribution in [3.63, 3.8) is 0 Å². The van der Waals surface area contributed by atoms with Crippen molar-refractivity contribution in [3.8, 4) is 17.2 Å². The molecule has 0 saturated carbocycles. The van der Waals surface area contributed by atoms with Crippen LogP contribution in [0.15, 0.2) is 47.6 Å². The van der Waals surface area contributed by atoms with Crippen LogP contribution in [0.5, 0.6) is 11.5 Å². The fourth-order valence-electron chi connectivity index (χ4n) is 3.79. The summed E-state index contributed by atoms with van der Waals surface area (Å²) in [4.78, 5) is 22.5. The van der Waals surface area contributed by atoms with Gasteiger partial charge in [0, 0.05) is 40.3 Å². The number of fused-ring (bicyclic) bond motifs is 1. The van der Waals surface area contributed by atoms with Crippen LogP contribution in [0.2, 0.25) is 0 Å². The number of aryl methyl sites for hydroxylation is 1. The number of alkyl halides is 3. The van der Waals surface area contributed by atoms with Gasteiger partial charge in [0.05, 0.1) is 23.1 Å². The van der Waals surface area contributed by atoms with E-state index in [2.05, 4.69) is 10.5 Å². The van der Waals surface area contributed by atoms with Gasteiger partial charge in [0.1, 0.15) is 0 Å². The Balaban J connectivity index is 1.47. The highest BCUT2D eigenvalue weighted by molar-refractivity contribution is 5.85. The molecule has 0 atom stereocenters. The summed E-state index contributed by atoms with van der Waals surface area (Å²) in [6, 6.07) is 9.43. The van der Waals surface area contributed by atoms with Crippen molar-refractivity contribution in [1.82, 2.24) is 9.99 Å². The number of nitrogens with one attached hydrogen (secondary N) is 1. The van der Waals surface area contributed by atoms with Crippen LogP contribution in [0, 0.1) is 24.0 Å². The lowest BCUT2D eigenvalue weighted by molar-refractivity contribution is -0.385. The number of halogens is 3. The van der Waals surface area contributed by atoms with E-state index >= 15 is 0 Å². The topological polar surface area (TPSA) is 108 Å². The van der Waals surface area contributed by atoms with Crippen LogP contribution < -0.4 is 14.9 Å². The molecular weight excluding hydrogens is 469 g/mol. The van der Waals surface area contributed by atoms with Crippen molar-refractivity contribution in [2.45, 2.75) is 26.4 Å². The Kier molecular flexibility index (Phi) is 6.20. The van der Waals surface area contributed by atoms with Crippen LogP contribution in [-0.2, 0) is 17.4 Å². The molecule has 0 saturated heterocycles. The van der Waals surface area contributed by atoms with Gasteiger partial charge in [-0.2, -0.15) is 18.3 Å². The molecule has 1 aliphatic heterocycles. The van der Waals surface area contributed by atoms with Crippen LogP contribution in [-0.4, -0.2) is 28.4 Å². The molecule has 0 radical (unpaired) electrons. The maximum absolute atomic E-state index is 12.8. The molecule has 9 nitrogen and oxygen atoms in total. The Hall–Kier alpha value is -4.35. The molecule has 0 spiro atoms. The van der Waals surface area contributed by atoms with Gasteiger partial charge in [-0.1, -0.05) is 6.07 Å². The van der Waals surface area contributed by atoms with E-state index in [-0.39, 0.29) is 12.4 Å². The molecule has 1 aromatic heterocycles. The first-order valence-corrected chi connectivity index (χ1v) is 10.3. The molecule has 2 heterocycles. The van der Waals surface area contributed by atoms with Gasteiger partial charge >= 0.3 is 6.18 Å². The van der Waals surface area contributed by atoms with Crippen LogP contribution in [0.3, 0.4) is 0 Å². The number of benzene rings is 2. The second kappa shape index (κ2) is 9.12. The summed E-state index contributed by atoms with van der Waals surface area (Å²) < 4.78 is 51.3. The van der Waals surface area contributed by atoms with E-state index in [4.69, 9.17) is 9.47 Å². The fourth-order valence-corrected chi connectivity index (χ4v) is 3.79. The highest BCUT2D eigenvalue weighted by Crippen LogP contribution is 2.35. The smallest absolute Gasteiger partial charge is 0.416 e. The molecule has 182 valence electrons. The van der Waals surface area contributed by atoms with E-state index in [0.29, 0.717) is 29.2 Å². The molecule has 0 bridgehead atoms. The molecule has 0 fully saturated rings. The van der Waals surface area contributed by atoms with Crippen LogP contribution in [0.4, 0.5) is 18.9 Å². The number of aromatic nitrogens is 1. The van der Waals surface area contributed by atoms with Crippen molar-refractivity contribution >= 4 is 17.8 Å². The van der Waals surface area contributed by atoms with E-state index in [0.717, 1.165) is 23.1 Å². The summed E-state index contributed by atoms with van der Waals surface area (Å²) in [5.41, 5.74) is 3.44. The minimum atomic E-state index is -4.73. The Bertz CT molecular complexity index is 1350. The standard InChI is InChI=1S/C23H19F3N4O5/c1-13-7-16(14(2)29(13)18-5-6-20-21(10-18)35-12-34-20)11-27-28-22(31)8-15-3-4-17(23(24,25)26)9-19(15)30(32)33/h3-7,9-11H,8,12H2,1-2H3,(H,28,31). The number of nitrogens with zero attached hydrogens (tertiary/aromatic N) is 3. The Morgan fingerprint density at radius 3 is 2.63 bits per heavy atom. The second-order valence-corrected chi connectivity index (χ2v) is 7.77. The van der Waals surface area contributed by atoms with E-state index in [1.807, 2.05) is 42.7 Å². The highest BCUT2D eigenvalue weighted by Gasteiger charge is 2.33. The lowest BCUT2D eigenvalue weighted by Crippen LogP contribution is -2.20. The third-order valence-corrected chi connectivity index (χ3v) is 5.44. The summed E-state index contributed by atoms with van der Waals surface area (Å²) in [5.74, 6) is 0.581. The summed E-state index contributed by atoms with van der Waals surface area (Å²) in [6.07, 6.45) is -3.82. The SMILES string of the molecule is Cc1cc(C=NNC(=O)Cc2ccc(C(F)(F)F)cc2[N+](=O)[O-])c(C)n1-c1ccc2c(c1)OCO2. The molecule has 35 heavy (non-hydrogen) atoms. The van der Waals surface area contributed by atoms with Crippen molar-refractivity contribution < 1.29 is 32.4 Å². The average Bonchev–Trinajstić information content (AvgIpc) is 3.36. The van der Waals surface area contributed by atoms with Gasteiger partial charge in [-0.3, -0.25) is 14.9 Å². The lowest BCUT2D eigenvalue weighted by Gasteiger charge is -2.10. The number of nitro benzene ring substituents is 1. The number of nitro groups is 1. The van der Waals surface area contributed by atoms with Crippen molar-refractivity contribution in [2.24, 2.45) is 5.10 Å². The van der Waals surface area contributed by atoms with E-state index < -0.39 is 34.7 Å². The van der Waals surface area contributed by atoms with Gasteiger partial charge in [0.25, 0.3) is 5.69 Å². The molecule has 1 N–H and O–H groups in total. The third kappa shape index (κ3) is 4.95. The van der Waals surface area contributed by atoms with Crippen molar-refractivity contribution in [1.29, 1.82) is 0 Å². The minimum absolute atomic E-state index is 0.156. The first-order valence-electron chi connectivity index (χ1n) is 10.3. The molecule has 2 aromatic carbocycles. The number of hydrogen-bond donors (Lipinski definition) is 1. The zero-order valence-electron chi connectivity index (χ0n) is 18.5. The van der Waals surface area contributed by atoms with Crippen molar-refractivity contribution in [3.05, 3.63) is 80.7 Å². The normalized spacial score (nSPS) is 12.8. The predicted molar refractivity (Wildman–Crippen MR) is 119 cm³/mol. The number of carbonyl (C=O) groups excluding carboxylic acids is 1. The maximum atomic E-state index is 12.8. The molecule has 1 aliphatic rings. The number of amides is 1. The van der Waals surface area contributed by atoms with Crippen LogP contribution in [0.1, 0.15) is 28.1 Å². The maximum Gasteiger partial charge on any atom is 0.416 e. The molecular formula is C23H19F3N4O5. The largest absolute Gasteiger partial charge is 0.454 e. The summed E-state index contributed by atoms with van der Waals surface area (Å²) >= 11 is 0. The number of carbonyl (C=O) groups is 1. The summed E-state index contributed by atoms with van der Waals surface area (Å²) in [7, 11) is 0. The summed E-state index contributed by atoms with van der Waals surface area (Å²) in [6.45, 7) is 3.93. The first-order chi connectivity index (χ1) is 16.5. The van der Waals surface area contributed by atoms with Crippen LogP contribution >= 0.6 is 0 Å². The molecule has 0 aliphatic carbocycles. The van der Waals surface area contributed by atoms with E-state index in [9.17, 15) is 28.1 Å².